The van der Waals surface area contributed by atoms with Crippen molar-refractivity contribution in [3.8, 4) is 0 Å². The molecular formula is C38H72N2O6. The number of hydrogen-bond acceptors (Lipinski definition) is 6. The van der Waals surface area contributed by atoms with Crippen molar-refractivity contribution in [3.05, 3.63) is 0 Å². The van der Waals surface area contributed by atoms with Gasteiger partial charge in [0.05, 0.1) is 25.0 Å². The Morgan fingerprint density at radius 1 is 0.587 bits per heavy atom. The lowest BCUT2D eigenvalue weighted by molar-refractivity contribution is -0.306. The highest BCUT2D eigenvalue weighted by atomic mass is 16.7. The van der Waals surface area contributed by atoms with Crippen LogP contribution in [0.1, 0.15) is 178 Å². The molecule has 2 N–H and O–H groups in total. The number of unbranched alkanes of at least 4 members (excludes halogenated alkanes) is 10. The lowest BCUT2D eigenvalue weighted by Gasteiger charge is -2.61. The van der Waals surface area contributed by atoms with Crippen LogP contribution in [0.4, 0.5) is 0 Å². The molecule has 2 saturated heterocycles. The zero-order chi connectivity index (χ0) is 34.8. The van der Waals surface area contributed by atoms with Gasteiger partial charge in [0, 0.05) is 22.2 Å². The smallest absolute Gasteiger partial charge is 0.310 e. The predicted molar refractivity (Wildman–Crippen MR) is 186 cm³/mol. The minimum atomic E-state index is -1.41. The largest absolute Gasteiger partial charge is 0.481 e. The maximum Gasteiger partial charge on any atom is 0.310 e. The topological polar surface area (TPSA) is 99.5 Å². The lowest BCUT2D eigenvalue weighted by Crippen LogP contribution is -2.67. The second-order valence-electron chi connectivity index (χ2n) is 17.2. The van der Waals surface area contributed by atoms with Crippen LogP contribution in [0.5, 0.6) is 0 Å². The number of hydrogen-bond donors (Lipinski definition) is 2. The molecular weight excluding hydrogens is 580 g/mol. The van der Waals surface area contributed by atoms with E-state index >= 15 is 0 Å². The molecule has 2 aliphatic heterocycles. The first-order valence-corrected chi connectivity index (χ1v) is 18.7. The van der Waals surface area contributed by atoms with Gasteiger partial charge >= 0.3 is 11.9 Å². The third-order valence-corrected chi connectivity index (χ3v) is 10.9. The molecule has 0 spiro atoms. The average Bonchev–Trinajstić information content (AvgIpc) is 2.91. The van der Waals surface area contributed by atoms with Crippen molar-refractivity contribution in [2.24, 2.45) is 17.3 Å². The molecule has 8 heteroatoms. The van der Waals surface area contributed by atoms with E-state index in [9.17, 15) is 19.8 Å². The molecule has 0 saturated carbocycles. The van der Waals surface area contributed by atoms with E-state index in [0.717, 1.165) is 25.7 Å². The highest BCUT2D eigenvalue weighted by Crippen LogP contribution is 2.58. The fourth-order valence-corrected chi connectivity index (χ4v) is 9.33. The van der Waals surface area contributed by atoms with E-state index < -0.39 is 39.5 Å². The average molecular weight is 653 g/mol. The molecule has 0 atom stereocenters. The first-order chi connectivity index (χ1) is 21.4. The molecule has 0 aromatic rings. The molecule has 0 radical (unpaired) electrons. The second kappa shape index (κ2) is 17.4. The van der Waals surface area contributed by atoms with Crippen LogP contribution >= 0.6 is 0 Å². The first kappa shape index (κ1) is 41.0. The molecule has 8 nitrogen and oxygen atoms in total. The van der Waals surface area contributed by atoms with Crippen molar-refractivity contribution in [1.29, 1.82) is 0 Å². The van der Waals surface area contributed by atoms with Gasteiger partial charge in [-0.1, -0.05) is 78.1 Å². The van der Waals surface area contributed by atoms with Crippen molar-refractivity contribution in [2.45, 2.75) is 201 Å². The summed E-state index contributed by atoms with van der Waals surface area (Å²) < 4.78 is 0. The molecule has 46 heavy (non-hydrogen) atoms. The fraction of sp³-hybridized carbons (Fsp3) is 0.947. The van der Waals surface area contributed by atoms with Crippen molar-refractivity contribution in [1.82, 2.24) is 10.1 Å². The van der Waals surface area contributed by atoms with Crippen LogP contribution in [-0.2, 0) is 19.3 Å². The second-order valence-corrected chi connectivity index (χ2v) is 17.2. The molecule has 2 fully saturated rings. The summed E-state index contributed by atoms with van der Waals surface area (Å²) in [7, 11) is 0. The summed E-state index contributed by atoms with van der Waals surface area (Å²) in [5.74, 6) is -2.68. The molecule has 0 aromatic carbocycles. The van der Waals surface area contributed by atoms with Crippen molar-refractivity contribution in [2.75, 3.05) is 13.2 Å². The van der Waals surface area contributed by atoms with E-state index in [1.807, 2.05) is 0 Å². The van der Waals surface area contributed by atoms with Gasteiger partial charge in [-0.05, 0) is 106 Å². The van der Waals surface area contributed by atoms with Crippen molar-refractivity contribution in [3.63, 3.8) is 0 Å². The number of carbonyl (C=O) groups is 2. The van der Waals surface area contributed by atoms with Gasteiger partial charge in [0.15, 0.2) is 0 Å². The molecule has 0 aliphatic carbocycles. The van der Waals surface area contributed by atoms with Gasteiger partial charge in [-0.2, -0.15) is 10.1 Å². The van der Waals surface area contributed by atoms with E-state index in [1.54, 1.807) is 0 Å². The Hall–Kier alpha value is -1.22. The Bertz CT molecular complexity index is 851. The maximum atomic E-state index is 13.6. The van der Waals surface area contributed by atoms with E-state index in [0.29, 0.717) is 38.9 Å². The van der Waals surface area contributed by atoms with Gasteiger partial charge in [-0.3, -0.25) is 19.3 Å². The Labute approximate surface area is 282 Å². The molecule has 0 aromatic heterocycles. The molecule has 2 heterocycles. The van der Waals surface area contributed by atoms with Crippen LogP contribution in [-0.4, -0.2) is 67.6 Å². The summed E-state index contributed by atoms with van der Waals surface area (Å²) >= 11 is 0. The SMILES string of the molecule is CCCCCCCCON1C(C)(C)CC(C(CC(=O)O)(C(=O)O)C2CC(C)(C)N(OCCCCCCCC)C(C)(C)C2)CC1(C)C. The number of carboxylic acids is 2. The first-order valence-electron chi connectivity index (χ1n) is 18.7. The monoisotopic (exact) mass is 653 g/mol. The minimum Gasteiger partial charge on any atom is -0.481 e. The summed E-state index contributed by atoms with van der Waals surface area (Å²) in [6, 6.07) is 0. The lowest BCUT2D eigenvalue weighted by atomic mass is 9.53. The van der Waals surface area contributed by atoms with Crippen LogP contribution in [0.3, 0.4) is 0 Å². The van der Waals surface area contributed by atoms with Gasteiger partial charge in [0.2, 0.25) is 0 Å². The third kappa shape index (κ3) is 10.6. The van der Waals surface area contributed by atoms with Crippen molar-refractivity contribution >= 4 is 11.9 Å². The van der Waals surface area contributed by atoms with Crippen LogP contribution in [0.2, 0.25) is 0 Å². The summed E-state index contributed by atoms with van der Waals surface area (Å²) in [4.78, 5) is 39.2. The quantitative estimate of drug-likeness (QED) is 0.118. The maximum absolute atomic E-state index is 13.6. The van der Waals surface area contributed by atoms with E-state index in [2.05, 4.69) is 79.4 Å². The molecule has 2 aliphatic rings. The van der Waals surface area contributed by atoms with Gasteiger partial charge < -0.3 is 10.2 Å². The normalized spacial score (nSPS) is 22.2. The third-order valence-electron chi connectivity index (χ3n) is 10.9. The van der Waals surface area contributed by atoms with Gasteiger partial charge in [-0.25, -0.2) is 0 Å². The van der Waals surface area contributed by atoms with Crippen LogP contribution < -0.4 is 0 Å². The number of piperidine rings is 2. The number of nitrogens with zero attached hydrogens (tertiary/aromatic N) is 2. The number of rotatable bonds is 21. The Morgan fingerprint density at radius 2 is 0.891 bits per heavy atom. The van der Waals surface area contributed by atoms with Gasteiger partial charge in [-0.15, -0.1) is 0 Å². The van der Waals surface area contributed by atoms with E-state index in [1.165, 1.54) is 51.4 Å². The molecule has 0 amide bonds. The summed E-state index contributed by atoms with van der Waals surface area (Å²) in [5, 5.41) is 25.7. The predicted octanol–water partition coefficient (Wildman–Crippen LogP) is 9.65. The van der Waals surface area contributed by atoms with Crippen LogP contribution in [0, 0.1) is 17.3 Å². The highest BCUT2D eigenvalue weighted by molar-refractivity contribution is 5.82. The summed E-state index contributed by atoms with van der Waals surface area (Å²) in [6.45, 7) is 22.8. The highest BCUT2D eigenvalue weighted by Gasteiger charge is 2.62. The Morgan fingerprint density at radius 3 is 1.17 bits per heavy atom. The van der Waals surface area contributed by atoms with Crippen molar-refractivity contribution < 1.29 is 29.5 Å². The molecule has 0 unspecified atom stereocenters. The number of aliphatic carboxylic acids is 2. The van der Waals surface area contributed by atoms with E-state index in [-0.39, 0.29) is 18.3 Å². The van der Waals surface area contributed by atoms with Crippen LogP contribution in [0.15, 0.2) is 0 Å². The minimum absolute atomic E-state index is 0.327. The zero-order valence-corrected chi connectivity index (χ0v) is 31.5. The Balaban J connectivity index is 2.29. The molecule has 2 rings (SSSR count). The Kier molecular flexibility index (Phi) is 15.5. The molecule has 270 valence electrons. The van der Waals surface area contributed by atoms with E-state index in [4.69, 9.17) is 9.68 Å². The number of hydroxylamine groups is 4. The number of carboxylic acid groups (broad SMARTS) is 2. The molecule has 0 bridgehead atoms. The zero-order valence-electron chi connectivity index (χ0n) is 31.5. The summed E-state index contributed by atoms with van der Waals surface area (Å²) in [5.41, 5.74) is -3.25. The standard InChI is InChI=1S/C38H72N2O6/c1-11-13-15-17-19-21-23-45-39-34(3,4)25-30(26-35(39,5)6)38(33(43)44,29-32(41)42)31-27-36(7,8)40(37(9,10)28-31)46-24-22-20-18-16-14-12-2/h30-31H,11-29H2,1-10H3,(H,41,42)(H,43,44). The van der Waals surface area contributed by atoms with Gasteiger partial charge in [0.25, 0.3) is 0 Å². The van der Waals surface area contributed by atoms with Gasteiger partial charge in [0.1, 0.15) is 0 Å². The van der Waals surface area contributed by atoms with Crippen LogP contribution in [0.25, 0.3) is 0 Å². The fourth-order valence-electron chi connectivity index (χ4n) is 9.33. The summed E-state index contributed by atoms with van der Waals surface area (Å²) in [6.07, 6.45) is 16.1.